The molecule has 0 amide bonds. The van der Waals surface area contributed by atoms with Gasteiger partial charge in [-0.2, -0.15) is 0 Å². The van der Waals surface area contributed by atoms with E-state index in [4.69, 9.17) is 25.5 Å². The molecular formula is C6H11NaO6. The molecule has 72 valence electrons. The first-order valence-electron chi connectivity index (χ1n) is 3.75. The van der Waals surface area contributed by atoms with Crippen molar-refractivity contribution in [2.75, 3.05) is 6.61 Å². The molecule has 0 unspecified atom stereocenters. The average molecular weight is 202 g/mol. The summed E-state index contributed by atoms with van der Waals surface area (Å²) in [7, 11) is 0. The number of carbonyl (C=O) groups is 1. The summed E-state index contributed by atoms with van der Waals surface area (Å²) < 4.78 is -0.586. The molecule has 0 aliphatic rings. The van der Waals surface area contributed by atoms with Crippen molar-refractivity contribution in [1.29, 1.82) is 0 Å². The van der Waals surface area contributed by atoms with Crippen molar-refractivity contribution >= 4 is 31.0 Å². The van der Waals surface area contributed by atoms with Gasteiger partial charge in [-0.25, -0.2) is 0 Å². The second kappa shape index (κ2) is 6.05. The van der Waals surface area contributed by atoms with E-state index in [2.05, 4.69) is 0 Å². The van der Waals surface area contributed by atoms with Gasteiger partial charge in [-0.3, -0.25) is 0 Å². The Balaban J connectivity index is 4.24. The normalized spacial score (nSPS) is 20.5. The third kappa shape index (κ3) is 4.01. The molecule has 0 aromatic rings. The van der Waals surface area contributed by atoms with Crippen LogP contribution < -0.4 is 0 Å². The number of aliphatic hydroxyl groups is 5. The predicted molar refractivity (Wildman–Crippen MR) is 41.9 cm³/mol. The van der Waals surface area contributed by atoms with E-state index < -0.39 is 34.1 Å². The van der Waals surface area contributed by atoms with E-state index >= 15 is 0 Å². The zero-order valence-electron chi connectivity index (χ0n) is 7.16. The van der Waals surface area contributed by atoms with E-state index in [0.29, 0.717) is 0 Å². The molecule has 7 heteroatoms. The van der Waals surface area contributed by atoms with Crippen LogP contribution in [0.1, 0.15) is 0 Å². The Morgan fingerprint density at radius 1 is 1.15 bits per heavy atom. The van der Waals surface area contributed by atoms with Crippen LogP contribution in [0.5, 0.6) is 0 Å². The van der Waals surface area contributed by atoms with Crippen LogP contribution in [-0.2, 0) is 4.79 Å². The van der Waals surface area contributed by atoms with Crippen molar-refractivity contribution in [2.24, 2.45) is 0 Å². The van der Waals surface area contributed by atoms with E-state index in [9.17, 15) is 4.79 Å². The van der Waals surface area contributed by atoms with Gasteiger partial charge in [0.2, 0.25) is 0 Å². The molecule has 0 saturated heterocycles. The van der Waals surface area contributed by atoms with Crippen molar-refractivity contribution in [1.82, 2.24) is 0 Å². The molecule has 0 rings (SSSR count). The Hall–Kier alpha value is 0.470. The van der Waals surface area contributed by atoms with Crippen LogP contribution in [0.2, 0.25) is 0 Å². The van der Waals surface area contributed by atoms with Crippen LogP contribution in [0.4, 0.5) is 0 Å². The van der Waals surface area contributed by atoms with Crippen LogP contribution in [0, 0.1) is 0 Å². The number of rotatable bonds is 5. The van der Waals surface area contributed by atoms with Crippen LogP contribution in [0.15, 0.2) is 0 Å². The van der Waals surface area contributed by atoms with Crippen LogP contribution >= 0.6 is 0 Å². The maximum atomic E-state index is 10.6. The Morgan fingerprint density at radius 3 is 1.92 bits per heavy atom. The zero-order chi connectivity index (χ0) is 10.6. The summed E-state index contributed by atoms with van der Waals surface area (Å²) in [5.74, 6) is 0. The fraction of sp³-hybridized carbons (Fsp3) is 0.833. The van der Waals surface area contributed by atoms with E-state index in [-0.39, 0.29) is 27.9 Å². The molecule has 0 aliphatic carbocycles. The van der Waals surface area contributed by atoms with E-state index in [0.717, 1.165) is 0 Å². The third-order valence-electron chi connectivity index (χ3n) is 1.67. The van der Waals surface area contributed by atoms with Gasteiger partial charge < -0.3 is 0 Å². The molecule has 0 spiro atoms. The van der Waals surface area contributed by atoms with E-state index in [1.165, 1.54) is 0 Å². The third-order valence-corrected chi connectivity index (χ3v) is 2.26. The molecule has 13 heavy (non-hydrogen) atoms. The predicted octanol–water partition coefficient (Wildman–Crippen LogP) is -3.88. The minimum atomic E-state index is -1.76. The summed E-state index contributed by atoms with van der Waals surface area (Å²) in [6, 6.07) is 0. The average Bonchev–Trinajstić information content (AvgIpc) is 2.12. The standard InChI is InChI=1S/C6H11O6.Na/c7-1-3(9)5(11)6(12)4(10)2-8;/h3-7,9-12H,1H2;/t3-,4+,5-,6-;/m1./s1. The first-order valence-corrected chi connectivity index (χ1v) is 4.75. The molecule has 5 N–H and O–H groups in total. The number of hydrogen-bond acceptors (Lipinski definition) is 6. The Kier molecular flexibility index (Phi) is 6.27. The molecule has 0 aliphatic heterocycles. The van der Waals surface area contributed by atoms with Gasteiger partial charge in [0.05, 0.1) is 0 Å². The van der Waals surface area contributed by atoms with Crippen LogP contribution in [0.3, 0.4) is 0 Å². The molecule has 0 radical (unpaired) electrons. The second-order valence-corrected chi connectivity index (χ2v) is 3.77. The van der Waals surface area contributed by atoms with Gasteiger partial charge in [0.15, 0.2) is 0 Å². The van der Waals surface area contributed by atoms with Crippen molar-refractivity contribution < 1.29 is 30.3 Å². The second-order valence-electron chi connectivity index (χ2n) is 2.79. The molecule has 0 fully saturated rings. The summed E-state index contributed by atoms with van der Waals surface area (Å²) in [4.78, 5) is 10.6. The summed E-state index contributed by atoms with van der Waals surface area (Å²) in [5, 5.41) is 44.4. The van der Waals surface area contributed by atoms with Gasteiger partial charge >= 0.3 is 92.3 Å². The monoisotopic (exact) mass is 202 g/mol. The summed E-state index contributed by atoms with van der Waals surface area (Å²) in [6.45, 7) is -0.750. The van der Waals surface area contributed by atoms with Gasteiger partial charge in [-0.15, -0.1) is 0 Å². The SMILES string of the molecule is O=[C]([Na])[C@H](O)[C@@H](O)[C@H](O)[C@H](O)CO. The Morgan fingerprint density at radius 2 is 1.62 bits per heavy atom. The zero-order valence-corrected chi connectivity index (χ0v) is 9.16. The quantitative estimate of drug-likeness (QED) is 0.291. The molecule has 0 aromatic heterocycles. The van der Waals surface area contributed by atoms with Gasteiger partial charge in [-0.1, -0.05) is 0 Å². The van der Waals surface area contributed by atoms with Gasteiger partial charge in [0.25, 0.3) is 0 Å². The van der Waals surface area contributed by atoms with E-state index in [1.807, 2.05) is 0 Å². The van der Waals surface area contributed by atoms with Crippen molar-refractivity contribution in [3.8, 4) is 0 Å². The molecule has 0 saturated carbocycles. The number of hydrogen-bond donors (Lipinski definition) is 5. The van der Waals surface area contributed by atoms with Crippen molar-refractivity contribution in [3.05, 3.63) is 0 Å². The molecular weight excluding hydrogens is 191 g/mol. The molecule has 0 aromatic carbocycles. The van der Waals surface area contributed by atoms with E-state index in [1.54, 1.807) is 0 Å². The number of aliphatic hydroxyl groups excluding tert-OH is 5. The molecule has 0 heterocycles. The molecule has 0 bridgehead atoms. The summed E-state index contributed by atoms with van der Waals surface area (Å²) >= 11 is 0.0397. The Bertz CT molecular complexity index is 175. The van der Waals surface area contributed by atoms with Gasteiger partial charge in [-0.05, 0) is 0 Å². The first-order chi connectivity index (χ1) is 5.91. The fourth-order valence-electron chi connectivity index (χ4n) is 0.763. The summed E-state index contributed by atoms with van der Waals surface area (Å²) in [5.41, 5.74) is 0. The minimum absolute atomic E-state index is 0.0397. The van der Waals surface area contributed by atoms with Crippen molar-refractivity contribution in [2.45, 2.75) is 24.4 Å². The van der Waals surface area contributed by atoms with Gasteiger partial charge in [0.1, 0.15) is 0 Å². The van der Waals surface area contributed by atoms with Crippen molar-refractivity contribution in [3.63, 3.8) is 0 Å². The van der Waals surface area contributed by atoms with Crippen LogP contribution in [0.25, 0.3) is 0 Å². The maximum absolute atomic E-state index is 10.6. The van der Waals surface area contributed by atoms with Gasteiger partial charge in [0, 0.05) is 0 Å². The topological polar surface area (TPSA) is 118 Å². The summed E-state index contributed by atoms with van der Waals surface area (Å²) in [6.07, 6.45) is -6.74. The fourth-order valence-corrected chi connectivity index (χ4v) is 1.10. The molecule has 6 nitrogen and oxygen atoms in total. The van der Waals surface area contributed by atoms with Crippen LogP contribution in [-0.4, -0.2) is 87.5 Å². The first kappa shape index (κ1) is 13.5. The number of carbonyl (C=O) groups excluding carboxylic acids is 1. The Labute approximate surface area is 92.2 Å². The molecule has 4 atom stereocenters.